The number of hydrogen-bond donors (Lipinski definition) is 2. The first-order valence-corrected chi connectivity index (χ1v) is 6.87. The van der Waals surface area contributed by atoms with Crippen LogP contribution in [0.4, 0.5) is 0 Å². The van der Waals surface area contributed by atoms with Crippen LogP contribution in [0, 0.1) is 11.3 Å². The first-order chi connectivity index (χ1) is 7.92. The second kappa shape index (κ2) is 6.39. The van der Waals surface area contributed by atoms with Crippen molar-refractivity contribution in [3.05, 3.63) is 0 Å². The molecule has 3 heteroatoms. The zero-order valence-corrected chi connectivity index (χ0v) is 11.8. The molecule has 0 aromatic heterocycles. The van der Waals surface area contributed by atoms with Crippen molar-refractivity contribution in [2.75, 3.05) is 13.6 Å². The van der Waals surface area contributed by atoms with E-state index in [0.717, 1.165) is 38.6 Å². The summed E-state index contributed by atoms with van der Waals surface area (Å²) in [6.45, 7) is 7.43. The van der Waals surface area contributed by atoms with E-state index in [1.165, 1.54) is 0 Å². The SMILES string of the molecule is CNC1CCC(C(=O)NCCC(C)(C)C)CC1. The van der Waals surface area contributed by atoms with Gasteiger partial charge in [0.05, 0.1) is 0 Å². The van der Waals surface area contributed by atoms with Gasteiger partial charge >= 0.3 is 0 Å². The van der Waals surface area contributed by atoms with Crippen molar-refractivity contribution in [1.82, 2.24) is 10.6 Å². The van der Waals surface area contributed by atoms with Gasteiger partial charge in [-0.3, -0.25) is 4.79 Å². The van der Waals surface area contributed by atoms with Gasteiger partial charge in [-0.25, -0.2) is 0 Å². The fraction of sp³-hybridized carbons (Fsp3) is 0.929. The molecule has 0 aromatic rings. The summed E-state index contributed by atoms with van der Waals surface area (Å²) in [5, 5.41) is 6.38. The Hall–Kier alpha value is -0.570. The van der Waals surface area contributed by atoms with Gasteiger partial charge in [0.1, 0.15) is 0 Å². The number of hydrogen-bond acceptors (Lipinski definition) is 2. The quantitative estimate of drug-likeness (QED) is 0.792. The number of carbonyl (C=O) groups excluding carboxylic acids is 1. The lowest BCUT2D eigenvalue weighted by Gasteiger charge is -2.27. The smallest absolute Gasteiger partial charge is 0.223 e. The molecule has 0 bridgehead atoms. The van der Waals surface area contributed by atoms with Crippen LogP contribution in [-0.2, 0) is 4.79 Å². The van der Waals surface area contributed by atoms with Gasteiger partial charge in [0.25, 0.3) is 0 Å². The summed E-state index contributed by atoms with van der Waals surface area (Å²) in [7, 11) is 2.01. The average molecular weight is 240 g/mol. The molecule has 0 radical (unpaired) electrons. The Morgan fingerprint density at radius 1 is 1.18 bits per heavy atom. The molecule has 0 aromatic carbocycles. The molecule has 0 saturated heterocycles. The molecule has 3 nitrogen and oxygen atoms in total. The summed E-state index contributed by atoms with van der Waals surface area (Å²) in [5.74, 6) is 0.517. The summed E-state index contributed by atoms with van der Waals surface area (Å²) in [6.07, 6.45) is 5.38. The molecule has 1 fully saturated rings. The maximum absolute atomic E-state index is 11.9. The van der Waals surface area contributed by atoms with Crippen LogP contribution in [0.5, 0.6) is 0 Å². The van der Waals surface area contributed by atoms with Gasteiger partial charge < -0.3 is 10.6 Å². The number of amides is 1. The van der Waals surface area contributed by atoms with Gasteiger partial charge in [-0.2, -0.15) is 0 Å². The lowest BCUT2D eigenvalue weighted by atomic mass is 9.85. The molecule has 0 aliphatic heterocycles. The average Bonchev–Trinajstić information content (AvgIpc) is 2.27. The lowest BCUT2D eigenvalue weighted by Crippen LogP contribution is -2.38. The van der Waals surface area contributed by atoms with E-state index in [1.54, 1.807) is 0 Å². The zero-order chi connectivity index (χ0) is 12.9. The van der Waals surface area contributed by atoms with E-state index < -0.39 is 0 Å². The lowest BCUT2D eigenvalue weighted by molar-refractivity contribution is -0.126. The standard InChI is InChI=1S/C14H28N2O/c1-14(2,3)9-10-16-13(17)11-5-7-12(15-4)8-6-11/h11-12,15H,5-10H2,1-4H3,(H,16,17). The first-order valence-electron chi connectivity index (χ1n) is 6.87. The summed E-state index contributed by atoms with van der Waals surface area (Å²) < 4.78 is 0. The highest BCUT2D eigenvalue weighted by Gasteiger charge is 2.25. The first kappa shape index (κ1) is 14.5. The topological polar surface area (TPSA) is 41.1 Å². The third-order valence-electron chi connectivity index (χ3n) is 3.68. The van der Waals surface area contributed by atoms with Crippen molar-refractivity contribution in [3.63, 3.8) is 0 Å². The van der Waals surface area contributed by atoms with E-state index in [9.17, 15) is 4.79 Å². The van der Waals surface area contributed by atoms with Crippen LogP contribution in [0.2, 0.25) is 0 Å². The Morgan fingerprint density at radius 2 is 1.76 bits per heavy atom. The molecule has 1 aliphatic rings. The number of rotatable bonds is 4. The Bertz CT molecular complexity index is 237. The molecule has 0 unspecified atom stereocenters. The third-order valence-corrected chi connectivity index (χ3v) is 3.68. The molecule has 1 saturated carbocycles. The normalized spacial score (nSPS) is 25.6. The van der Waals surface area contributed by atoms with Gasteiger partial charge in [-0.15, -0.1) is 0 Å². The predicted octanol–water partition coefficient (Wildman–Crippen LogP) is 2.32. The molecule has 0 spiro atoms. The van der Waals surface area contributed by atoms with Crippen molar-refractivity contribution in [2.24, 2.45) is 11.3 Å². The van der Waals surface area contributed by atoms with E-state index in [-0.39, 0.29) is 11.8 Å². The summed E-state index contributed by atoms with van der Waals surface area (Å²) in [4.78, 5) is 11.9. The van der Waals surface area contributed by atoms with E-state index in [4.69, 9.17) is 0 Å². The monoisotopic (exact) mass is 240 g/mol. The van der Waals surface area contributed by atoms with Gasteiger partial charge in [0.15, 0.2) is 0 Å². The predicted molar refractivity (Wildman–Crippen MR) is 71.9 cm³/mol. The highest BCUT2D eigenvalue weighted by molar-refractivity contribution is 5.78. The zero-order valence-electron chi connectivity index (χ0n) is 11.8. The number of nitrogens with one attached hydrogen (secondary N) is 2. The van der Waals surface area contributed by atoms with Crippen LogP contribution in [-0.4, -0.2) is 25.5 Å². The Labute approximate surface area is 106 Å². The van der Waals surface area contributed by atoms with Crippen molar-refractivity contribution in [2.45, 2.75) is 58.9 Å². The van der Waals surface area contributed by atoms with Crippen LogP contribution >= 0.6 is 0 Å². The fourth-order valence-corrected chi connectivity index (χ4v) is 2.35. The molecular formula is C14H28N2O. The Kier molecular flexibility index (Phi) is 5.44. The minimum absolute atomic E-state index is 0.250. The molecule has 0 atom stereocenters. The van der Waals surface area contributed by atoms with E-state index in [2.05, 4.69) is 31.4 Å². The largest absolute Gasteiger partial charge is 0.356 e. The second-order valence-corrected chi connectivity index (χ2v) is 6.44. The van der Waals surface area contributed by atoms with Gasteiger partial charge in [-0.1, -0.05) is 20.8 Å². The minimum atomic E-state index is 0.250. The molecule has 17 heavy (non-hydrogen) atoms. The third kappa shape index (κ3) is 5.53. The van der Waals surface area contributed by atoms with Crippen LogP contribution in [0.1, 0.15) is 52.9 Å². The Balaban J connectivity index is 2.21. The highest BCUT2D eigenvalue weighted by Crippen LogP contribution is 2.24. The summed E-state index contributed by atoms with van der Waals surface area (Å²) in [5.41, 5.74) is 0.303. The Morgan fingerprint density at radius 3 is 2.24 bits per heavy atom. The molecule has 1 amide bonds. The molecule has 2 N–H and O–H groups in total. The van der Waals surface area contributed by atoms with Crippen molar-refractivity contribution < 1.29 is 4.79 Å². The van der Waals surface area contributed by atoms with Crippen LogP contribution in [0.3, 0.4) is 0 Å². The summed E-state index contributed by atoms with van der Waals surface area (Å²) >= 11 is 0. The number of carbonyl (C=O) groups is 1. The van der Waals surface area contributed by atoms with E-state index in [1.807, 2.05) is 7.05 Å². The molecule has 1 aliphatic carbocycles. The van der Waals surface area contributed by atoms with E-state index in [0.29, 0.717) is 11.5 Å². The maximum atomic E-state index is 11.9. The molecular weight excluding hydrogens is 212 g/mol. The van der Waals surface area contributed by atoms with Gasteiger partial charge in [0.2, 0.25) is 5.91 Å². The fourth-order valence-electron chi connectivity index (χ4n) is 2.35. The van der Waals surface area contributed by atoms with E-state index >= 15 is 0 Å². The van der Waals surface area contributed by atoms with Crippen molar-refractivity contribution in [1.29, 1.82) is 0 Å². The van der Waals surface area contributed by atoms with Crippen molar-refractivity contribution in [3.8, 4) is 0 Å². The minimum Gasteiger partial charge on any atom is -0.356 e. The van der Waals surface area contributed by atoms with Crippen molar-refractivity contribution >= 4 is 5.91 Å². The molecule has 1 rings (SSSR count). The van der Waals surface area contributed by atoms with Gasteiger partial charge in [-0.05, 0) is 44.6 Å². The van der Waals surface area contributed by atoms with Crippen LogP contribution in [0.25, 0.3) is 0 Å². The van der Waals surface area contributed by atoms with Crippen LogP contribution in [0.15, 0.2) is 0 Å². The highest BCUT2D eigenvalue weighted by atomic mass is 16.1. The molecule has 100 valence electrons. The summed E-state index contributed by atoms with van der Waals surface area (Å²) in [6, 6.07) is 0.619. The van der Waals surface area contributed by atoms with Gasteiger partial charge in [0, 0.05) is 18.5 Å². The van der Waals surface area contributed by atoms with Crippen LogP contribution < -0.4 is 10.6 Å². The molecule has 0 heterocycles. The maximum Gasteiger partial charge on any atom is 0.223 e. The second-order valence-electron chi connectivity index (χ2n) is 6.44.